The van der Waals surface area contributed by atoms with E-state index in [1.165, 1.54) is 16.8 Å². The van der Waals surface area contributed by atoms with Gasteiger partial charge in [-0.3, -0.25) is 4.68 Å². The Labute approximate surface area is 140 Å². The summed E-state index contributed by atoms with van der Waals surface area (Å²) < 4.78 is 40.0. The maximum Gasteiger partial charge on any atom is 0.247 e. The Bertz CT molecular complexity index is 873. The summed E-state index contributed by atoms with van der Waals surface area (Å²) in [5.41, 5.74) is 1.07. The molecule has 0 bridgehead atoms. The largest absolute Gasteiger partial charge is 0.468 e. The van der Waals surface area contributed by atoms with E-state index in [2.05, 4.69) is 5.10 Å². The van der Waals surface area contributed by atoms with Gasteiger partial charge in [-0.15, -0.1) is 0 Å². The van der Waals surface area contributed by atoms with Crippen LogP contribution in [0, 0.1) is 13.8 Å². The molecule has 0 unspecified atom stereocenters. The normalized spacial score (nSPS) is 12.2. The molecule has 0 amide bonds. The molecule has 7 nitrogen and oxygen atoms in total. The quantitative estimate of drug-likeness (QED) is 0.683. The molecule has 0 spiro atoms. The van der Waals surface area contributed by atoms with Crippen molar-refractivity contribution in [2.45, 2.75) is 31.8 Å². The molecule has 3 aromatic heterocycles. The first-order valence-electron chi connectivity index (χ1n) is 7.44. The number of aryl methyl sites for hydroxylation is 2. The van der Waals surface area contributed by atoms with Gasteiger partial charge in [-0.2, -0.15) is 9.40 Å². The van der Waals surface area contributed by atoms with E-state index >= 15 is 0 Å². The third-order valence-electron chi connectivity index (χ3n) is 3.87. The zero-order valence-electron chi connectivity index (χ0n) is 13.8. The Kier molecular flexibility index (Phi) is 4.33. The summed E-state index contributed by atoms with van der Waals surface area (Å²) in [4.78, 5) is 0.225. The summed E-state index contributed by atoms with van der Waals surface area (Å²) in [5, 5.41) is 4.22. The topological polar surface area (TPSA) is 81.5 Å². The van der Waals surface area contributed by atoms with E-state index in [-0.39, 0.29) is 18.0 Å². The molecular weight excluding hydrogens is 330 g/mol. The molecule has 0 fully saturated rings. The number of hydrogen-bond donors (Lipinski definition) is 0. The molecule has 3 heterocycles. The number of sulfonamides is 1. The smallest absolute Gasteiger partial charge is 0.247 e. The van der Waals surface area contributed by atoms with E-state index in [1.54, 1.807) is 49.8 Å². The van der Waals surface area contributed by atoms with Gasteiger partial charge in [-0.05, 0) is 38.1 Å². The van der Waals surface area contributed by atoms with Gasteiger partial charge in [0.1, 0.15) is 16.4 Å². The van der Waals surface area contributed by atoms with Crippen LogP contribution in [0.25, 0.3) is 0 Å². The number of hydrogen-bond acceptors (Lipinski definition) is 5. The van der Waals surface area contributed by atoms with Crippen molar-refractivity contribution in [2.75, 3.05) is 0 Å². The fourth-order valence-corrected chi connectivity index (χ4v) is 4.41. The standard InChI is InChI=1S/C16H19N3O4S/c1-12-16(13(2)18(3)17-12)24(20,21)19(10-14-6-4-8-22-14)11-15-7-5-9-23-15/h4-9H,10-11H2,1-3H3. The van der Waals surface area contributed by atoms with Crippen molar-refractivity contribution in [2.24, 2.45) is 7.05 Å². The summed E-state index contributed by atoms with van der Waals surface area (Å²) in [5.74, 6) is 1.12. The molecule has 0 saturated carbocycles. The van der Waals surface area contributed by atoms with Gasteiger partial charge in [0.25, 0.3) is 0 Å². The Balaban J connectivity index is 2.02. The van der Waals surface area contributed by atoms with Crippen molar-refractivity contribution in [3.8, 4) is 0 Å². The molecule has 128 valence electrons. The van der Waals surface area contributed by atoms with Gasteiger partial charge in [0.05, 0.1) is 37.0 Å². The van der Waals surface area contributed by atoms with E-state index in [1.807, 2.05) is 0 Å². The minimum atomic E-state index is -3.76. The van der Waals surface area contributed by atoms with Crippen LogP contribution in [0.1, 0.15) is 22.9 Å². The SMILES string of the molecule is Cc1nn(C)c(C)c1S(=O)(=O)N(Cc1ccco1)Cc1ccco1. The van der Waals surface area contributed by atoms with E-state index < -0.39 is 10.0 Å². The lowest BCUT2D eigenvalue weighted by Crippen LogP contribution is -2.30. The second kappa shape index (κ2) is 6.29. The molecule has 0 aliphatic heterocycles. The lowest BCUT2D eigenvalue weighted by molar-refractivity contribution is 0.330. The lowest BCUT2D eigenvalue weighted by Gasteiger charge is -2.20. The van der Waals surface area contributed by atoms with Crippen molar-refractivity contribution in [1.82, 2.24) is 14.1 Å². The van der Waals surface area contributed by atoms with Gasteiger partial charge in [0, 0.05) is 7.05 Å². The molecule has 8 heteroatoms. The predicted octanol–water partition coefficient (Wildman–Crippen LogP) is 2.61. The van der Waals surface area contributed by atoms with Crippen molar-refractivity contribution in [3.05, 3.63) is 59.7 Å². The highest BCUT2D eigenvalue weighted by Crippen LogP contribution is 2.26. The second-order valence-corrected chi connectivity index (χ2v) is 7.43. The number of rotatable bonds is 6. The highest BCUT2D eigenvalue weighted by Gasteiger charge is 2.31. The minimum Gasteiger partial charge on any atom is -0.468 e. The molecule has 3 aromatic rings. The van der Waals surface area contributed by atoms with Crippen LogP contribution in [0.2, 0.25) is 0 Å². The van der Waals surface area contributed by atoms with Gasteiger partial charge < -0.3 is 8.83 Å². The van der Waals surface area contributed by atoms with E-state index in [0.29, 0.717) is 22.9 Å². The Morgan fingerprint density at radius 2 is 1.62 bits per heavy atom. The molecule has 0 N–H and O–H groups in total. The van der Waals surface area contributed by atoms with Crippen molar-refractivity contribution in [3.63, 3.8) is 0 Å². The number of furan rings is 2. The molecule has 0 radical (unpaired) electrons. The Morgan fingerprint density at radius 3 is 2.00 bits per heavy atom. The third-order valence-corrected chi connectivity index (χ3v) is 5.91. The summed E-state index contributed by atoms with van der Waals surface area (Å²) in [7, 11) is -2.04. The van der Waals surface area contributed by atoms with Crippen molar-refractivity contribution >= 4 is 10.0 Å². The fraction of sp³-hybridized carbons (Fsp3) is 0.312. The first kappa shape index (κ1) is 16.5. The van der Waals surface area contributed by atoms with Crippen LogP contribution in [0.5, 0.6) is 0 Å². The molecular formula is C16H19N3O4S. The Morgan fingerprint density at radius 1 is 1.08 bits per heavy atom. The highest BCUT2D eigenvalue weighted by atomic mass is 32.2. The van der Waals surface area contributed by atoms with Crippen LogP contribution in [0.4, 0.5) is 0 Å². The average molecular weight is 349 g/mol. The average Bonchev–Trinajstić information content (AvgIpc) is 3.23. The fourth-order valence-electron chi connectivity index (χ4n) is 2.64. The van der Waals surface area contributed by atoms with E-state index in [0.717, 1.165) is 0 Å². The van der Waals surface area contributed by atoms with Gasteiger partial charge in [0.2, 0.25) is 10.0 Å². The van der Waals surface area contributed by atoms with Crippen LogP contribution >= 0.6 is 0 Å². The van der Waals surface area contributed by atoms with Gasteiger partial charge in [-0.25, -0.2) is 8.42 Å². The van der Waals surface area contributed by atoms with Crippen LogP contribution in [-0.2, 0) is 30.2 Å². The summed E-state index contributed by atoms with van der Waals surface area (Å²) in [6.07, 6.45) is 3.04. The van der Waals surface area contributed by atoms with E-state index in [9.17, 15) is 8.42 Å². The molecule has 24 heavy (non-hydrogen) atoms. The van der Waals surface area contributed by atoms with Crippen LogP contribution in [0.3, 0.4) is 0 Å². The summed E-state index contributed by atoms with van der Waals surface area (Å²) >= 11 is 0. The van der Waals surface area contributed by atoms with Gasteiger partial charge in [0.15, 0.2) is 0 Å². The predicted molar refractivity (Wildman–Crippen MR) is 86.5 cm³/mol. The number of aromatic nitrogens is 2. The van der Waals surface area contributed by atoms with Crippen LogP contribution < -0.4 is 0 Å². The van der Waals surface area contributed by atoms with Crippen molar-refractivity contribution in [1.29, 1.82) is 0 Å². The minimum absolute atomic E-state index is 0.115. The Hall–Kier alpha value is -2.32. The summed E-state index contributed by atoms with van der Waals surface area (Å²) in [6.45, 7) is 3.66. The second-order valence-electron chi connectivity index (χ2n) is 5.56. The maximum absolute atomic E-state index is 13.2. The van der Waals surface area contributed by atoms with Gasteiger partial charge in [-0.1, -0.05) is 0 Å². The molecule has 3 rings (SSSR count). The van der Waals surface area contributed by atoms with E-state index in [4.69, 9.17) is 8.83 Å². The van der Waals surface area contributed by atoms with Gasteiger partial charge >= 0.3 is 0 Å². The van der Waals surface area contributed by atoms with Crippen LogP contribution in [-0.4, -0.2) is 22.5 Å². The molecule has 0 saturated heterocycles. The zero-order chi connectivity index (χ0) is 17.3. The third kappa shape index (κ3) is 3.02. The maximum atomic E-state index is 13.2. The molecule has 0 aliphatic rings. The summed E-state index contributed by atoms with van der Waals surface area (Å²) in [6, 6.07) is 6.95. The number of nitrogens with zero attached hydrogens (tertiary/aromatic N) is 3. The molecule has 0 atom stereocenters. The lowest BCUT2D eigenvalue weighted by atomic mass is 10.4. The van der Waals surface area contributed by atoms with Crippen LogP contribution in [0.15, 0.2) is 50.5 Å². The van der Waals surface area contributed by atoms with Crippen molar-refractivity contribution < 1.29 is 17.3 Å². The first-order valence-corrected chi connectivity index (χ1v) is 8.88. The molecule has 0 aliphatic carbocycles. The molecule has 0 aromatic carbocycles. The zero-order valence-corrected chi connectivity index (χ0v) is 14.6. The first-order chi connectivity index (χ1) is 11.4. The highest BCUT2D eigenvalue weighted by molar-refractivity contribution is 7.89. The monoisotopic (exact) mass is 349 g/mol.